The molecule has 0 radical (unpaired) electrons. The number of carbonyl (C=O) groups is 3. The van der Waals surface area contributed by atoms with Gasteiger partial charge in [0.1, 0.15) is 6.04 Å². The first-order valence-corrected chi connectivity index (χ1v) is 9.16. The Bertz CT molecular complexity index is 853. The molecule has 2 aromatic rings. The number of anilines is 2. The van der Waals surface area contributed by atoms with Gasteiger partial charge in [0, 0.05) is 22.0 Å². The highest BCUT2D eigenvalue weighted by molar-refractivity contribution is 6.30. The Balaban J connectivity index is 2.11. The number of primary amides is 1. The van der Waals surface area contributed by atoms with E-state index >= 15 is 0 Å². The van der Waals surface area contributed by atoms with E-state index in [1.807, 2.05) is 13.8 Å². The van der Waals surface area contributed by atoms with Crippen LogP contribution in [0.25, 0.3) is 0 Å². The van der Waals surface area contributed by atoms with Crippen molar-refractivity contribution in [3.63, 3.8) is 0 Å². The first kappa shape index (κ1) is 21.2. The molecule has 4 amide bonds. The summed E-state index contributed by atoms with van der Waals surface area (Å²) in [5.74, 6) is -0.530. The summed E-state index contributed by atoms with van der Waals surface area (Å²) in [4.78, 5) is 36.2. The highest BCUT2D eigenvalue weighted by Crippen LogP contribution is 2.17. The lowest BCUT2D eigenvalue weighted by molar-refractivity contribution is -0.118. The lowest BCUT2D eigenvalue weighted by Crippen LogP contribution is -2.44. The lowest BCUT2D eigenvalue weighted by Gasteiger charge is -2.20. The van der Waals surface area contributed by atoms with E-state index in [-0.39, 0.29) is 17.7 Å². The molecule has 148 valence electrons. The standard InChI is InChI=1S/C20H23ClN4O3/c1-12(2)10-17(25-18(26)13-6-8-14(21)9-7-13)19(27)23-15-4-3-5-16(11-15)24-20(22)28/h3-9,11-12,17H,10H2,1-2H3,(H,23,27)(H,25,26)(H3,22,24,28). The maximum atomic E-state index is 12.7. The number of amides is 4. The Morgan fingerprint density at radius 1 is 1.00 bits per heavy atom. The monoisotopic (exact) mass is 402 g/mol. The van der Waals surface area contributed by atoms with Crippen LogP contribution in [-0.2, 0) is 4.79 Å². The fraction of sp³-hybridized carbons (Fsp3) is 0.250. The van der Waals surface area contributed by atoms with Gasteiger partial charge in [0.05, 0.1) is 0 Å². The van der Waals surface area contributed by atoms with Crippen molar-refractivity contribution < 1.29 is 14.4 Å². The first-order valence-electron chi connectivity index (χ1n) is 8.78. The molecule has 5 N–H and O–H groups in total. The van der Waals surface area contributed by atoms with Gasteiger partial charge in [-0.2, -0.15) is 0 Å². The predicted octanol–water partition coefficient (Wildman–Crippen LogP) is 3.61. The fourth-order valence-corrected chi connectivity index (χ4v) is 2.72. The molecule has 1 atom stereocenters. The van der Waals surface area contributed by atoms with Gasteiger partial charge in [-0.25, -0.2) is 4.79 Å². The zero-order valence-electron chi connectivity index (χ0n) is 15.7. The summed E-state index contributed by atoms with van der Waals surface area (Å²) < 4.78 is 0. The van der Waals surface area contributed by atoms with Crippen LogP contribution in [0.5, 0.6) is 0 Å². The van der Waals surface area contributed by atoms with Gasteiger partial charge in [0.25, 0.3) is 5.91 Å². The number of carbonyl (C=O) groups excluding carboxylic acids is 3. The lowest BCUT2D eigenvalue weighted by atomic mass is 10.0. The summed E-state index contributed by atoms with van der Waals surface area (Å²) in [6.07, 6.45) is 0.463. The Labute approximate surface area is 168 Å². The molecule has 0 aliphatic heterocycles. The van der Waals surface area contributed by atoms with Crippen molar-refractivity contribution in [1.29, 1.82) is 0 Å². The fourth-order valence-electron chi connectivity index (χ4n) is 2.59. The number of urea groups is 1. The number of nitrogens with one attached hydrogen (secondary N) is 3. The van der Waals surface area contributed by atoms with Gasteiger partial charge < -0.3 is 21.7 Å². The molecule has 2 rings (SSSR count). The second-order valence-electron chi connectivity index (χ2n) is 6.72. The molecule has 0 aromatic heterocycles. The number of rotatable bonds is 7. The molecule has 0 aliphatic carbocycles. The molecule has 0 bridgehead atoms. The molecule has 8 heteroatoms. The number of benzene rings is 2. The van der Waals surface area contributed by atoms with Crippen molar-refractivity contribution in [2.24, 2.45) is 11.7 Å². The van der Waals surface area contributed by atoms with Crippen LogP contribution in [0, 0.1) is 5.92 Å². The smallest absolute Gasteiger partial charge is 0.316 e. The van der Waals surface area contributed by atoms with E-state index in [0.29, 0.717) is 28.4 Å². The average Bonchev–Trinajstić information content (AvgIpc) is 2.61. The number of nitrogens with two attached hydrogens (primary N) is 1. The molecular weight excluding hydrogens is 380 g/mol. The van der Waals surface area contributed by atoms with Gasteiger partial charge in [-0.15, -0.1) is 0 Å². The van der Waals surface area contributed by atoms with Crippen LogP contribution in [0.2, 0.25) is 5.02 Å². The Morgan fingerprint density at radius 3 is 2.18 bits per heavy atom. The van der Waals surface area contributed by atoms with Crippen molar-refractivity contribution in [2.45, 2.75) is 26.3 Å². The van der Waals surface area contributed by atoms with Crippen molar-refractivity contribution in [1.82, 2.24) is 5.32 Å². The minimum Gasteiger partial charge on any atom is -0.351 e. The molecule has 0 aliphatic rings. The first-order chi connectivity index (χ1) is 13.2. The third-order valence-corrected chi connectivity index (χ3v) is 4.08. The molecule has 28 heavy (non-hydrogen) atoms. The maximum absolute atomic E-state index is 12.7. The third kappa shape index (κ3) is 6.59. The van der Waals surface area contributed by atoms with E-state index in [4.69, 9.17) is 17.3 Å². The summed E-state index contributed by atoms with van der Waals surface area (Å²) in [6, 6.07) is 11.6. The summed E-state index contributed by atoms with van der Waals surface area (Å²) in [5, 5.41) is 8.50. The van der Waals surface area contributed by atoms with Crippen LogP contribution in [0.4, 0.5) is 16.2 Å². The topological polar surface area (TPSA) is 113 Å². The molecular formula is C20H23ClN4O3. The Hall–Kier alpha value is -3.06. The highest BCUT2D eigenvalue weighted by atomic mass is 35.5. The van der Waals surface area contributed by atoms with Gasteiger partial charge in [0.15, 0.2) is 0 Å². The normalized spacial score (nSPS) is 11.6. The second kappa shape index (κ2) is 9.75. The van der Waals surface area contributed by atoms with Crippen LogP contribution < -0.4 is 21.7 Å². The molecule has 1 unspecified atom stereocenters. The van der Waals surface area contributed by atoms with Crippen molar-refractivity contribution in [3.8, 4) is 0 Å². The van der Waals surface area contributed by atoms with E-state index in [9.17, 15) is 14.4 Å². The summed E-state index contributed by atoms with van der Waals surface area (Å²) in [5.41, 5.74) is 6.45. The Kier molecular flexibility index (Phi) is 7.40. The summed E-state index contributed by atoms with van der Waals surface area (Å²) in [6.45, 7) is 3.93. The van der Waals surface area contributed by atoms with Gasteiger partial charge in [0.2, 0.25) is 5.91 Å². The second-order valence-corrected chi connectivity index (χ2v) is 7.16. The van der Waals surface area contributed by atoms with E-state index in [1.54, 1.807) is 48.5 Å². The van der Waals surface area contributed by atoms with Crippen LogP contribution in [-0.4, -0.2) is 23.9 Å². The zero-order valence-corrected chi connectivity index (χ0v) is 16.4. The van der Waals surface area contributed by atoms with E-state index in [2.05, 4.69) is 16.0 Å². The molecule has 0 spiro atoms. The third-order valence-electron chi connectivity index (χ3n) is 3.83. The van der Waals surface area contributed by atoms with Crippen LogP contribution in [0.15, 0.2) is 48.5 Å². The van der Waals surface area contributed by atoms with E-state index in [0.717, 1.165) is 0 Å². The molecule has 7 nitrogen and oxygen atoms in total. The van der Waals surface area contributed by atoms with E-state index in [1.165, 1.54) is 0 Å². The summed E-state index contributed by atoms with van der Waals surface area (Å²) >= 11 is 5.85. The predicted molar refractivity (Wildman–Crippen MR) is 110 cm³/mol. The number of hydrogen-bond donors (Lipinski definition) is 4. The van der Waals surface area contributed by atoms with Crippen molar-refractivity contribution in [2.75, 3.05) is 10.6 Å². The van der Waals surface area contributed by atoms with E-state index < -0.39 is 12.1 Å². The summed E-state index contributed by atoms with van der Waals surface area (Å²) in [7, 11) is 0. The number of halogens is 1. The van der Waals surface area contributed by atoms with Gasteiger partial charge in [-0.05, 0) is 54.8 Å². The van der Waals surface area contributed by atoms with Crippen LogP contribution in [0.1, 0.15) is 30.6 Å². The van der Waals surface area contributed by atoms with Crippen molar-refractivity contribution >= 4 is 40.8 Å². The van der Waals surface area contributed by atoms with Gasteiger partial charge in [-0.3, -0.25) is 9.59 Å². The molecule has 0 saturated heterocycles. The minimum absolute atomic E-state index is 0.184. The molecule has 2 aromatic carbocycles. The SMILES string of the molecule is CC(C)CC(NC(=O)c1ccc(Cl)cc1)C(=O)Nc1cccc(NC(N)=O)c1. The van der Waals surface area contributed by atoms with Crippen LogP contribution in [0.3, 0.4) is 0 Å². The van der Waals surface area contributed by atoms with Crippen molar-refractivity contribution in [3.05, 3.63) is 59.1 Å². The van der Waals surface area contributed by atoms with Crippen LogP contribution >= 0.6 is 11.6 Å². The van der Waals surface area contributed by atoms with Gasteiger partial charge in [-0.1, -0.05) is 31.5 Å². The zero-order chi connectivity index (χ0) is 20.7. The molecule has 0 fully saturated rings. The average molecular weight is 403 g/mol. The molecule has 0 saturated carbocycles. The number of hydrogen-bond acceptors (Lipinski definition) is 3. The molecule has 0 heterocycles. The minimum atomic E-state index is -0.726. The van der Waals surface area contributed by atoms with Gasteiger partial charge >= 0.3 is 6.03 Å². The Morgan fingerprint density at radius 2 is 1.61 bits per heavy atom. The maximum Gasteiger partial charge on any atom is 0.316 e. The largest absolute Gasteiger partial charge is 0.351 e. The highest BCUT2D eigenvalue weighted by Gasteiger charge is 2.23. The quantitative estimate of drug-likeness (QED) is 0.567.